The minimum atomic E-state index is -0.128. The van der Waals surface area contributed by atoms with E-state index < -0.39 is 0 Å². The number of rotatable bonds is 5. The molecule has 1 aromatic carbocycles. The largest absolute Gasteiger partial charge is 0.496 e. The van der Waals surface area contributed by atoms with Gasteiger partial charge in [0.25, 0.3) is 0 Å². The Bertz CT molecular complexity index is 680. The molecule has 0 amide bonds. The van der Waals surface area contributed by atoms with Crippen molar-refractivity contribution in [2.45, 2.75) is 75.5 Å². The van der Waals surface area contributed by atoms with E-state index in [1.165, 1.54) is 75.3 Å². The molecule has 4 rings (SSSR count). The molecule has 0 aliphatic heterocycles. The second kappa shape index (κ2) is 8.61. The number of aromatic amines is 1. The minimum absolute atomic E-state index is 0.128. The van der Waals surface area contributed by atoms with Crippen LogP contribution in [-0.4, -0.2) is 23.4 Å². The predicted molar refractivity (Wildman–Crippen MR) is 113 cm³/mol. The van der Waals surface area contributed by atoms with Gasteiger partial charge in [-0.15, -0.1) is 0 Å². The molecule has 0 atom stereocenters. The maximum atomic E-state index is 5.69. The zero-order valence-electron chi connectivity index (χ0n) is 16.0. The number of hydrogen-bond acceptors (Lipinski definition) is 1. The lowest BCUT2D eigenvalue weighted by Crippen LogP contribution is -2.27. The summed E-state index contributed by atoms with van der Waals surface area (Å²) in [5.41, 5.74) is 6.02. The Morgan fingerprint density at radius 1 is 0.808 bits per heavy atom. The van der Waals surface area contributed by atoms with Crippen LogP contribution < -0.4 is 10.2 Å². The number of para-hydroxylation sites is 1. The molecule has 0 bridgehead atoms. The first kappa shape index (κ1) is 18.1. The predicted octanol–water partition coefficient (Wildman–Crippen LogP) is 6.46. The highest BCUT2D eigenvalue weighted by molar-refractivity contribution is 7.67. The molecule has 2 saturated carbocycles. The first-order valence-electron chi connectivity index (χ1n) is 10.5. The Labute approximate surface area is 159 Å². The minimum Gasteiger partial charge on any atom is -0.496 e. The van der Waals surface area contributed by atoms with Crippen LogP contribution in [0.5, 0.6) is 5.75 Å². The molecule has 2 aliphatic rings. The third kappa shape index (κ3) is 3.72. The standard InChI is InChI=1S/C23H32NOP/c1-25-22-15-9-8-14-20(22)21-16-17-24-23(21)26(18-10-4-2-5-11-18)19-12-6-3-7-13-19/h8-9,14-19,24H,2-7,10-13H2,1H3. The molecular formula is C23H32NOP. The fourth-order valence-electron chi connectivity index (χ4n) is 5.04. The normalized spacial score (nSPS) is 19.8. The van der Waals surface area contributed by atoms with Crippen LogP contribution in [0, 0.1) is 0 Å². The molecule has 3 heteroatoms. The van der Waals surface area contributed by atoms with Gasteiger partial charge in [0.15, 0.2) is 0 Å². The van der Waals surface area contributed by atoms with E-state index in [-0.39, 0.29) is 7.92 Å². The Hall–Kier alpha value is -1.27. The summed E-state index contributed by atoms with van der Waals surface area (Å²) in [6.07, 6.45) is 16.5. The van der Waals surface area contributed by atoms with Gasteiger partial charge in [-0.3, -0.25) is 0 Å². The molecule has 0 spiro atoms. The van der Waals surface area contributed by atoms with Crippen LogP contribution in [0.4, 0.5) is 0 Å². The van der Waals surface area contributed by atoms with Crippen LogP contribution in [0.25, 0.3) is 11.1 Å². The molecule has 1 N–H and O–H groups in total. The highest BCUT2D eigenvalue weighted by Gasteiger charge is 2.34. The van der Waals surface area contributed by atoms with Crippen molar-refractivity contribution in [1.29, 1.82) is 0 Å². The van der Waals surface area contributed by atoms with Crippen molar-refractivity contribution < 1.29 is 4.74 Å². The maximum absolute atomic E-state index is 5.69. The smallest absolute Gasteiger partial charge is 0.126 e. The molecule has 0 saturated heterocycles. The summed E-state index contributed by atoms with van der Waals surface area (Å²) in [6, 6.07) is 10.8. The Kier molecular flexibility index (Phi) is 6.00. The Morgan fingerprint density at radius 3 is 2.04 bits per heavy atom. The number of H-pyrrole nitrogens is 1. The summed E-state index contributed by atoms with van der Waals surface area (Å²) < 4.78 is 5.69. The summed E-state index contributed by atoms with van der Waals surface area (Å²) >= 11 is 0. The number of benzene rings is 1. The van der Waals surface area contributed by atoms with E-state index in [1.807, 2.05) is 0 Å². The van der Waals surface area contributed by atoms with Gasteiger partial charge in [-0.1, -0.05) is 64.6 Å². The molecule has 2 aliphatic carbocycles. The van der Waals surface area contributed by atoms with Gasteiger partial charge in [0.05, 0.1) is 7.11 Å². The molecule has 26 heavy (non-hydrogen) atoms. The fourth-order valence-corrected chi connectivity index (χ4v) is 8.91. The monoisotopic (exact) mass is 369 g/mol. The van der Waals surface area contributed by atoms with Gasteiger partial charge in [0.2, 0.25) is 0 Å². The van der Waals surface area contributed by atoms with Gasteiger partial charge in [0, 0.05) is 22.8 Å². The van der Waals surface area contributed by atoms with E-state index in [1.54, 1.807) is 12.5 Å². The van der Waals surface area contributed by atoms with Crippen LogP contribution in [0.15, 0.2) is 36.5 Å². The van der Waals surface area contributed by atoms with Gasteiger partial charge >= 0.3 is 0 Å². The maximum Gasteiger partial charge on any atom is 0.126 e. The van der Waals surface area contributed by atoms with Crippen LogP contribution in [0.2, 0.25) is 0 Å². The van der Waals surface area contributed by atoms with E-state index in [0.29, 0.717) is 0 Å². The number of methoxy groups -OCH3 is 1. The first-order valence-corrected chi connectivity index (χ1v) is 12.0. The van der Waals surface area contributed by atoms with E-state index in [4.69, 9.17) is 4.74 Å². The van der Waals surface area contributed by atoms with Crippen molar-refractivity contribution in [3.05, 3.63) is 36.5 Å². The molecule has 0 radical (unpaired) electrons. The highest BCUT2D eigenvalue weighted by Crippen LogP contribution is 2.56. The van der Waals surface area contributed by atoms with E-state index in [9.17, 15) is 0 Å². The lowest BCUT2D eigenvalue weighted by molar-refractivity contribution is 0.416. The second-order valence-corrected chi connectivity index (χ2v) is 10.7. The second-order valence-electron chi connectivity index (χ2n) is 7.93. The summed E-state index contributed by atoms with van der Waals surface area (Å²) in [6.45, 7) is 0. The van der Waals surface area contributed by atoms with Crippen molar-refractivity contribution in [2.24, 2.45) is 0 Å². The number of ether oxygens (including phenoxy) is 1. The Morgan fingerprint density at radius 2 is 1.42 bits per heavy atom. The van der Waals surface area contributed by atoms with Crippen LogP contribution in [-0.2, 0) is 0 Å². The van der Waals surface area contributed by atoms with Crippen molar-refractivity contribution >= 4 is 13.4 Å². The third-order valence-corrected chi connectivity index (χ3v) is 9.81. The van der Waals surface area contributed by atoms with Gasteiger partial charge in [-0.05, 0) is 49.1 Å². The van der Waals surface area contributed by atoms with Gasteiger partial charge in [-0.2, -0.15) is 0 Å². The van der Waals surface area contributed by atoms with Crippen LogP contribution in [0.3, 0.4) is 0 Å². The number of nitrogens with one attached hydrogen (secondary N) is 1. The molecule has 1 aromatic heterocycles. The average molecular weight is 369 g/mol. The zero-order valence-corrected chi connectivity index (χ0v) is 16.9. The van der Waals surface area contributed by atoms with E-state index >= 15 is 0 Å². The highest BCUT2D eigenvalue weighted by atomic mass is 31.1. The summed E-state index contributed by atoms with van der Waals surface area (Å²) in [4.78, 5) is 3.72. The van der Waals surface area contributed by atoms with Crippen molar-refractivity contribution in [1.82, 2.24) is 4.98 Å². The van der Waals surface area contributed by atoms with Gasteiger partial charge in [0.1, 0.15) is 5.75 Å². The van der Waals surface area contributed by atoms with Crippen LogP contribution in [0.1, 0.15) is 64.2 Å². The summed E-state index contributed by atoms with van der Waals surface area (Å²) in [5.74, 6) is 0.996. The lowest BCUT2D eigenvalue weighted by Gasteiger charge is -2.38. The quantitative estimate of drug-likeness (QED) is 0.601. The zero-order chi connectivity index (χ0) is 17.8. The third-order valence-electron chi connectivity index (χ3n) is 6.32. The molecule has 0 unspecified atom stereocenters. The van der Waals surface area contributed by atoms with E-state index in [2.05, 4.69) is 41.5 Å². The molecular weight excluding hydrogens is 337 g/mol. The average Bonchev–Trinajstić information content (AvgIpc) is 3.19. The SMILES string of the molecule is COc1ccccc1-c1cc[nH]c1P(C1CCCCC1)C1CCCCC1. The first-order chi connectivity index (χ1) is 12.9. The van der Waals surface area contributed by atoms with E-state index in [0.717, 1.165) is 17.1 Å². The molecule has 1 heterocycles. The van der Waals surface area contributed by atoms with Gasteiger partial charge in [-0.25, -0.2) is 0 Å². The molecule has 140 valence electrons. The van der Waals surface area contributed by atoms with Gasteiger partial charge < -0.3 is 9.72 Å². The van der Waals surface area contributed by atoms with Crippen molar-refractivity contribution in [3.8, 4) is 16.9 Å². The number of aromatic nitrogens is 1. The summed E-state index contributed by atoms with van der Waals surface area (Å²) in [7, 11) is 1.66. The molecule has 2 aromatic rings. The lowest BCUT2D eigenvalue weighted by atomic mass is 9.99. The number of hydrogen-bond donors (Lipinski definition) is 1. The van der Waals surface area contributed by atoms with Crippen LogP contribution >= 0.6 is 7.92 Å². The van der Waals surface area contributed by atoms with Crippen molar-refractivity contribution in [3.63, 3.8) is 0 Å². The summed E-state index contributed by atoms with van der Waals surface area (Å²) in [5, 5.41) is 0. The van der Waals surface area contributed by atoms with Crippen molar-refractivity contribution in [2.75, 3.05) is 7.11 Å². The topological polar surface area (TPSA) is 25.0 Å². The molecule has 2 fully saturated rings. The molecule has 2 nitrogen and oxygen atoms in total. The fraction of sp³-hybridized carbons (Fsp3) is 0.565. The Balaban J connectivity index is 1.73.